The molecule has 3 nitrogen and oxygen atoms in total. The average Bonchev–Trinajstić information content (AvgIpc) is 2.67. The Kier molecular flexibility index (Phi) is 3.93. The zero-order valence-corrected chi connectivity index (χ0v) is 11.1. The molecule has 1 heterocycles. The van der Waals surface area contributed by atoms with Gasteiger partial charge in [0.1, 0.15) is 10.4 Å². The summed E-state index contributed by atoms with van der Waals surface area (Å²) in [6.07, 6.45) is 0. The highest BCUT2D eigenvalue weighted by Gasteiger charge is 2.06. The Morgan fingerprint density at radius 3 is 2.94 bits per heavy atom. The van der Waals surface area contributed by atoms with Gasteiger partial charge in [0.25, 0.3) is 5.19 Å². The Bertz CT molecular complexity index is 473. The summed E-state index contributed by atoms with van der Waals surface area (Å²) < 4.78 is 6.52. The zero-order valence-electron chi connectivity index (χ0n) is 8.74. The topological polar surface area (TPSA) is 34.1 Å². The summed E-state index contributed by atoms with van der Waals surface area (Å²) in [7, 11) is 1.91. The van der Waals surface area contributed by atoms with Gasteiger partial charge in [0.05, 0.1) is 0 Å². The van der Waals surface area contributed by atoms with Crippen molar-refractivity contribution < 1.29 is 4.74 Å². The molecule has 16 heavy (non-hydrogen) atoms. The molecule has 2 rings (SSSR count). The molecule has 0 aliphatic carbocycles. The molecule has 1 aromatic heterocycles. The highest BCUT2D eigenvalue weighted by atomic mass is 79.9. The summed E-state index contributed by atoms with van der Waals surface area (Å²) in [5.74, 6) is 0.846. The molecule has 5 heteroatoms. The fourth-order valence-corrected chi connectivity index (χ4v) is 2.42. The van der Waals surface area contributed by atoms with Crippen LogP contribution < -0.4 is 10.1 Å². The van der Waals surface area contributed by atoms with Crippen molar-refractivity contribution in [1.29, 1.82) is 0 Å². The van der Waals surface area contributed by atoms with Crippen molar-refractivity contribution in [2.24, 2.45) is 0 Å². The van der Waals surface area contributed by atoms with Gasteiger partial charge in [0.15, 0.2) is 0 Å². The molecule has 0 bridgehead atoms. The second-order valence-corrected chi connectivity index (χ2v) is 4.81. The third-order valence-electron chi connectivity index (χ3n) is 1.99. The van der Waals surface area contributed by atoms with Crippen LogP contribution in [0.4, 0.5) is 0 Å². The van der Waals surface area contributed by atoms with E-state index in [4.69, 9.17) is 4.74 Å². The minimum Gasteiger partial charge on any atom is -0.431 e. The number of nitrogens with zero attached hydrogens (tertiary/aromatic N) is 1. The molecular weight excluding hydrogens is 288 g/mol. The predicted molar refractivity (Wildman–Crippen MR) is 69.1 cm³/mol. The van der Waals surface area contributed by atoms with Crippen LogP contribution in [0.2, 0.25) is 0 Å². The van der Waals surface area contributed by atoms with Crippen LogP contribution in [0.25, 0.3) is 0 Å². The second kappa shape index (κ2) is 5.43. The van der Waals surface area contributed by atoms with Crippen LogP contribution >= 0.6 is 27.3 Å². The van der Waals surface area contributed by atoms with E-state index < -0.39 is 0 Å². The van der Waals surface area contributed by atoms with Crippen LogP contribution in [0, 0.1) is 0 Å². The number of ether oxygens (including phenoxy) is 1. The molecular formula is C11H11BrN2OS. The Balaban J connectivity index is 2.20. The lowest BCUT2D eigenvalue weighted by Gasteiger charge is -2.07. The van der Waals surface area contributed by atoms with E-state index in [1.54, 1.807) is 0 Å². The SMILES string of the molecule is CNCc1ccccc1Oc1nc(Br)cs1. The molecule has 84 valence electrons. The number of hydrogen-bond donors (Lipinski definition) is 1. The van der Waals surface area contributed by atoms with Gasteiger partial charge in [-0.3, -0.25) is 0 Å². The van der Waals surface area contributed by atoms with Crippen LogP contribution in [0.5, 0.6) is 10.9 Å². The lowest BCUT2D eigenvalue weighted by molar-refractivity contribution is 0.470. The first kappa shape index (κ1) is 11.6. The number of benzene rings is 1. The third-order valence-corrected chi connectivity index (χ3v) is 3.42. The average molecular weight is 299 g/mol. The molecule has 0 amide bonds. The number of nitrogens with one attached hydrogen (secondary N) is 1. The maximum atomic E-state index is 5.72. The van der Waals surface area contributed by atoms with Crippen molar-refractivity contribution in [2.75, 3.05) is 7.05 Å². The quantitative estimate of drug-likeness (QED) is 0.939. The molecule has 0 saturated heterocycles. The zero-order chi connectivity index (χ0) is 11.4. The number of aromatic nitrogens is 1. The van der Waals surface area contributed by atoms with Crippen LogP contribution in [0.3, 0.4) is 0 Å². The first-order chi connectivity index (χ1) is 7.79. The minimum absolute atomic E-state index is 0.649. The molecule has 0 aliphatic heterocycles. The summed E-state index contributed by atoms with van der Waals surface area (Å²) in [6, 6.07) is 7.94. The number of rotatable bonds is 4. The van der Waals surface area contributed by atoms with E-state index >= 15 is 0 Å². The van der Waals surface area contributed by atoms with E-state index in [-0.39, 0.29) is 0 Å². The number of para-hydroxylation sites is 1. The van der Waals surface area contributed by atoms with Gasteiger partial charge in [-0.15, -0.1) is 0 Å². The molecule has 0 atom stereocenters. The summed E-state index contributed by atoms with van der Waals surface area (Å²) in [6.45, 7) is 0.780. The molecule has 0 radical (unpaired) electrons. The summed E-state index contributed by atoms with van der Waals surface area (Å²) in [5, 5.41) is 5.66. The van der Waals surface area contributed by atoms with Crippen LogP contribution in [-0.4, -0.2) is 12.0 Å². The van der Waals surface area contributed by atoms with Gasteiger partial charge in [-0.05, 0) is 29.0 Å². The molecule has 2 aromatic rings. The molecule has 0 spiro atoms. The normalized spacial score (nSPS) is 10.4. The van der Waals surface area contributed by atoms with Gasteiger partial charge < -0.3 is 10.1 Å². The monoisotopic (exact) mass is 298 g/mol. The van der Waals surface area contributed by atoms with E-state index in [0.717, 1.165) is 22.5 Å². The van der Waals surface area contributed by atoms with Gasteiger partial charge in [0.2, 0.25) is 0 Å². The van der Waals surface area contributed by atoms with Crippen molar-refractivity contribution in [1.82, 2.24) is 10.3 Å². The highest BCUT2D eigenvalue weighted by molar-refractivity contribution is 9.10. The van der Waals surface area contributed by atoms with Crippen molar-refractivity contribution in [3.63, 3.8) is 0 Å². The van der Waals surface area contributed by atoms with E-state index in [0.29, 0.717) is 5.19 Å². The highest BCUT2D eigenvalue weighted by Crippen LogP contribution is 2.29. The Labute approximate surface area is 107 Å². The molecule has 0 fully saturated rings. The van der Waals surface area contributed by atoms with Crippen LogP contribution in [0.1, 0.15) is 5.56 Å². The summed E-state index contributed by atoms with van der Waals surface area (Å²) >= 11 is 4.77. The standard InChI is InChI=1S/C11H11BrN2OS/c1-13-6-8-4-2-3-5-9(8)15-11-14-10(12)7-16-11/h2-5,7,13H,6H2,1H3. The van der Waals surface area contributed by atoms with Gasteiger partial charge >= 0.3 is 0 Å². The van der Waals surface area contributed by atoms with Crippen molar-refractivity contribution in [3.8, 4) is 10.9 Å². The van der Waals surface area contributed by atoms with E-state index in [1.165, 1.54) is 11.3 Å². The van der Waals surface area contributed by atoms with E-state index in [9.17, 15) is 0 Å². The molecule has 0 unspecified atom stereocenters. The van der Waals surface area contributed by atoms with Gasteiger partial charge in [-0.1, -0.05) is 29.5 Å². The largest absolute Gasteiger partial charge is 0.431 e. The van der Waals surface area contributed by atoms with Gasteiger partial charge in [0, 0.05) is 17.5 Å². The van der Waals surface area contributed by atoms with Crippen LogP contribution in [0.15, 0.2) is 34.2 Å². The molecule has 1 N–H and O–H groups in total. The van der Waals surface area contributed by atoms with Crippen LogP contribution in [-0.2, 0) is 6.54 Å². The maximum absolute atomic E-state index is 5.72. The Hall–Kier alpha value is -0.910. The Morgan fingerprint density at radius 2 is 2.25 bits per heavy atom. The lowest BCUT2D eigenvalue weighted by atomic mass is 10.2. The number of hydrogen-bond acceptors (Lipinski definition) is 4. The van der Waals surface area contributed by atoms with E-state index in [2.05, 4.69) is 26.2 Å². The molecule has 0 saturated carbocycles. The maximum Gasteiger partial charge on any atom is 0.279 e. The lowest BCUT2D eigenvalue weighted by Crippen LogP contribution is -2.06. The summed E-state index contributed by atoms with van der Waals surface area (Å²) in [4.78, 5) is 4.20. The first-order valence-electron chi connectivity index (χ1n) is 4.81. The van der Waals surface area contributed by atoms with Crippen molar-refractivity contribution in [3.05, 3.63) is 39.8 Å². The number of halogens is 1. The summed E-state index contributed by atoms with van der Waals surface area (Å²) in [5.41, 5.74) is 1.12. The van der Waals surface area contributed by atoms with Crippen molar-refractivity contribution in [2.45, 2.75) is 6.54 Å². The van der Waals surface area contributed by atoms with E-state index in [1.807, 2.05) is 36.7 Å². The Morgan fingerprint density at radius 1 is 1.44 bits per heavy atom. The third kappa shape index (κ3) is 2.81. The van der Waals surface area contributed by atoms with Gasteiger partial charge in [-0.25, -0.2) is 0 Å². The fraction of sp³-hybridized carbons (Fsp3) is 0.182. The first-order valence-corrected chi connectivity index (χ1v) is 6.48. The second-order valence-electron chi connectivity index (χ2n) is 3.18. The van der Waals surface area contributed by atoms with Gasteiger partial charge in [-0.2, -0.15) is 4.98 Å². The smallest absolute Gasteiger partial charge is 0.279 e. The minimum atomic E-state index is 0.649. The predicted octanol–water partition coefficient (Wildman–Crippen LogP) is 3.42. The fourth-order valence-electron chi connectivity index (χ4n) is 1.32. The van der Waals surface area contributed by atoms with Crippen molar-refractivity contribution >= 4 is 27.3 Å². The molecule has 1 aromatic carbocycles. The molecule has 0 aliphatic rings. The number of thiazole rings is 1.